The Balaban J connectivity index is 2.14. The van der Waals surface area contributed by atoms with Crippen LogP contribution in [0.15, 0.2) is 18.2 Å². The van der Waals surface area contributed by atoms with Gasteiger partial charge in [0.25, 0.3) is 0 Å². The quantitative estimate of drug-likeness (QED) is 0.844. The summed E-state index contributed by atoms with van der Waals surface area (Å²) in [5.41, 5.74) is 1.72. The van der Waals surface area contributed by atoms with E-state index in [9.17, 15) is 9.59 Å². The number of aryl methyl sites for hydroxylation is 1. The lowest BCUT2D eigenvalue weighted by Crippen LogP contribution is -2.36. The molecule has 1 amide bonds. The van der Waals surface area contributed by atoms with Gasteiger partial charge in [0.15, 0.2) is 0 Å². The number of aliphatic carboxylic acids is 1. The van der Waals surface area contributed by atoms with Crippen LogP contribution >= 0.6 is 0 Å². The summed E-state index contributed by atoms with van der Waals surface area (Å²) in [6.07, 6.45) is 5.00. The average molecular weight is 319 g/mol. The number of carbonyl (C=O) groups is 2. The molecular weight excluding hydrogens is 294 g/mol. The van der Waals surface area contributed by atoms with E-state index in [2.05, 4.69) is 5.32 Å². The van der Waals surface area contributed by atoms with Crippen LogP contribution in [0.5, 0.6) is 5.75 Å². The number of benzene rings is 1. The number of carbonyl (C=O) groups excluding carboxylic acids is 1. The van der Waals surface area contributed by atoms with Gasteiger partial charge in [-0.1, -0.05) is 31.4 Å². The standard InChI is InChI=1S/C18H25NO4/c1-12-10-14(8-9-16(12)23-2)15(11-17(20)21)19-18(22)13-6-4-3-5-7-13/h8-10,13,15H,3-7,11H2,1-2H3,(H,19,22)(H,20,21)/t15-/m1/s1. The molecule has 5 heteroatoms. The van der Waals surface area contributed by atoms with Crippen molar-refractivity contribution in [3.05, 3.63) is 29.3 Å². The Kier molecular flexibility index (Phi) is 6.02. The van der Waals surface area contributed by atoms with Gasteiger partial charge in [0.1, 0.15) is 5.75 Å². The molecule has 2 N–H and O–H groups in total. The molecule has 23 heavy (non-hydrogen) atoms. The summed E-state index contributed by atoms with van der Waals surface area (Å²) >= 11 is 0. The van der Waals surface area contributed by atoms with Crippen molar-refractivity contribution in [3.8, 4) is 5.75 Å². The topological polar surface area (TPSA) is 75.6 Å². The lowest BCUT2D eigenvalue weighted by molar-refractivity contribution is -0.138. The summed E-state index contributed by atoms with van der Waals surface area (Å²) < 4.78 is 5.23. The Morgan fingerprint density at radius 1 is 1.30 bits per heavy atom. The fourth-order valence-corrected chi connectivity index (χ4v) is 3.20. The van der Waals surface area contributed by atoms with Gasteiger partial charge in [0.05, 0.1) is 19.6 Å². The fraction of sp³-hybridized carbons (Fsp3) is 0.556. The van der Waals surface area contributed by atoms with Gasteiger partial charge in [-0.25, -0.2) is 0 Å². The zero-order valence-electron chi connectivity index (χ0n) is 13.8. The molecule has 2 rings (SSSR count). The third kappa shape index (κ3) is 4.71. The first kappa shape index (κ1) is 17.3. The second kappa shape index (κ2) is 7.99. The number of ether oxygens (including phenoxy) is 1. The van der Waals surface area contributed by atoms with Crippen LogP contribution in [0.3, 0.4) is 0 Å². The molecule has 5 nitrogen and oxygen atoms in total. The number of hydrogen-bond donors (Lipinski definition) is 2. The third-order valence-corrected chi connectivity index (χ3v) is 4.49. The first-order valence-electron chi connectivity index (χ1n) is 8.18. The molecule has 0 spiro atoms. The SMILES string of the molecule is COc1ccc([C@@H](CC(=O)O)NC(=O)C2CCCCC2)cc1C. The molecule has 1 aromatic rings. The zero-order valence-corrected chi connectivity index (χ0v) is 13.8. The molecule has 1 fully saturated rings. The smallest absolute Gasteiger partial charge is 0.305 e. The van der Waals surface area contributed by atoms with Crippen molar-refractivity contribution < 1.29 is 19.4 Å². The van der Waals surface area contributed by atoms with E-state index < -0.39 is 12.0 Å². The largest absolute Gasteiger partial charge is 0.496 e. The molecule has 0 radical (unpaired) electrons. The van der Waals surface area contributed by atoms with Crippen LogP contribution in [0.2, 0.25) is 0 Å². The first-order valence-corrected chi connectivity index (χ1v) is 8.18. The monoisotopic (exact) mass is 319 g/mol. The summed E-state index contributed by atoms with van der Waals surface area (Å²) in [6, 6.07) is 5.01. The molecule has 1 aliphatic carbocycles. The highest BCUT2D eigenvalue weighted by molar-refractivity contribution is 5.80. The van der Waals surface area contributed by atoms with Crippen molar-refractivity contribution in [1.82, 2.24) is 5.32 Å². The number of carboxylic acid groups (broad SMARTS) is 1. The van der Waals surface area contributed by atoms with Crippen LogP contribution in [0, 0.1) is 12.8 Å². The minimum Gasteiger partial charge on any atom is -0.496 e. The summed E-state index contributed by atoms with van der Waals surface area (Å²) in [5, 5.41) is 12.1. The highest BCUT2D eigenvalue weighted by atomic mass is 16.5. The fourth-order valence-electron chi connectivity index (χ4n) is 3.20. The van der Waals surface area contributed by atoms with E-state index in [1.165, 1.54) is 6.42 Å². The van der Waals surface area contributed by atoms with E-state index in [1.54, 1.807) is 7.11 Å². The minimum atomic E-state index is -0.924. The number of methoxy groups -OCH3 is 1. The van der Waals surface area contributed by atoms with E-state index in [0.717, 1.165) is 42.6 Å². The van der Waals surface area contributed by atoms with E-state index in [0.29, 0.717) is 0 Å². The molecule has 1 aromatic carbocycles. The molecule has 126 valence electrons. The van der Waals surface area contributed by atoms with Gasteiger partial charge in [-0.15, -0.1) is 0 Å². The highest BCUT2D eigenvalue weighted by Crippen LogP contribution is 2.27. The molecular formula is C18H25NO4. The molecule has 0 heterocycles. The molecule has 0 saturated heterocycles. The first-order chi connectivity index (χ1) is 11.0. The summed E-state index contributed by atoms with van der Waals surface area (Å²) in [4.78, 5) is 23.6. The number of carboxylic acids is 1. The Morgan fingerprint density at radius 3 is 2.57 bits per heavy atom. The van der Waals surface area contributed by atoms with Gasteiger partial charge < -0.3 is 15.2 Å². The number of hydrogen-bond acceptors (Lipinski definition) is 3. The Morgan fingerprint density at radius 2 is 2.00 bits per heavy atom. The maximum atomic E-state index is 12.4. The van der Waals surface area contributed by atoms with Gasteiger partial charge >= 0.3 is 5.97 Å². The van der Waals surface area contributed by atoms with Gasteiger partial charge in [-0.05, 0) is 37.0 Å². The second-order valence-corrected chi connectivity index (χ2v) is 6.22. The lowest BCUT2D eigenvalue weighted by Gasteiger charge is -2.25. The van der Waals surface area contributed by atoms with Crippen molar-refractivity contribution in [2.45, 2.75) is 51.5 Å². The third-order valence-electron chi connectivity index (χ3n) is 4.49. The van der Waals surface area contributed by atoms with E-state index in [1.807, 2.05) is 25.1 Å². The molecule has 1 atom stereocenters. The van der Waals surface area contributed by atoms with Crippen LogP contribution in [-0.2, 0) is 9.59 Å². The Hall–Kier alpha value is -2.04. The summed E-state index contributed by atoms with van der Waals surface area (Å²) in [5.74, 6) is -0.183. The van der Waals surface area contributed by atoms with Crippen molar-refractivity contribution in [1.29, 1.82) is 0 Å². The number of rotatable bonds is 6. The maximum absolute atomic E-state index is 12.4. The normalized spacial score (nSPS) is 16.6. The predicted molar refractivity (Wildman–Crippen MR) is 87.4 cm³/mol. The van der Waals surface area contributed by atoms with Gasteiger partial charge in [0, 0.05) is 5.92 Å². The van der Waals surface area contributed by atoms with Crippen molar-refractivity contribution >= 4 is 11.9 Å². The molecule has 1 aliphatic rings. The Labute approximate surface area is 137 Å². The van der Waals surface area contributed by atoms with E-state index in [4.69, 9.17) is 9.84 Å². The average Bonchev–Trinajstić information content (AvgIpc) is 2.54. The molecule has 0 unspecified atom stereocenters. The lowest BCUT2D eigenvalue weighted by atomic mass is 9.88. The molecule has 0 aliphatic heterocycles. The van der Waals surface area contributed by atoms with Crippen LogP contribution < -0.4 is 10.1 Å². The van der Waals surface area contributed by atoms with Crippen LogP contribution in [0.25, 0.3) is 0 Å². The molecule has 1 saturated carbocycles. The second-order valence-electron chi connectivity index (χ2n) is 6.22. The predicted octanol–water partition coefficient (Wildman–Crippen LogP) is 3.22. The van der Waals surface area contributed by atoms with Gasteiger partial charge in [-0.2, -0.15) is 0 Å². The summed E-state index contributed by atoms with van der Waals surface area (Å²) in [6.45, 7) is 1.91. The zero-order chi connectivity index (χ0) is 16.8. The Bertz CT molecular complexity index is 564. The number of amides is 1. The molecule has 0 bridgehead atoms. The number of nitrogens with one attached hydrogen (secondary N) is 1. The summed E-state index contributed by atoms with van der Waals surface area (Å²) in [7, 11) is 1.60. The van der Waals surface area contributed by atoms with E-state index >= 15 is 0 Å². The van der Waals surface area contributed by atoms with Crippen LogP contribution in [-0.4, -0.2) is 24.1 Å². The minimum absolute atomic E-state index is 0.0133. The molecule has 0 aromatic heterocycles. The maximum Gasteiger partial charge on any atom is 0.305 e. The van der Waals surface area contributed by atoms with Crippen LogP contribution in [0.4, 0.5) is 0 Å². The van der Waals surface area contributed by atoms with Crippen molar-refractivity contribution in [3.63, 3.8) is 0 Å². The highest BCUT2D eigenvalue weighted by Gasteiger charge is 2.25. The van der Waals surface area contributed by atoms with Crippen LogP contribution in [0.1, 0.15) is 55.7 Å². The van der Waals surface area contributed by atoms with Crippen molar-refractivity contribution in [2.24, 2.45) is 5.92 Å². The van der Waals surface area contributed by atoms with Gasteiger partial charge in [0.2, 0.25) is 5.91 Å². The van der Waals surface area contributed by atoms with Gasteiger partial charge in [-0.3, -0.25) is 9.59 Å². The van der Waals surface area contributed by atoms with E-state index in [-0.39, 0.29) is 18.2 Å². The van der Waals surface area contributed by atoms with Crippen molar-refractivity contribution in [2.75, 3.05) is 7.11 Å².